The Hall–Kier alpha value is -2.42. The monoisotopic (exact) mass is 221 g/mol. The molecule has 0 bridgehead atoms. The Morgan fingerprint density at radius 2 is 1.65 bits per heavy atom. The second-order valence-electron chi connectivity index (χ2n) is 3.84. The third-order valence-electron chi connectivity index (χ3n) is 2.79. The van der Waals surface area contributed by atoms with Crippen LogP contribution in [-0.2, 0) is 0 Å². The summed E-state index contributed by atoms with van der Waals surface area (Å²) in [5, 5.41) is 2.10. The van der Waals surface area contributed by atoms with Gasteiger partial charge in [0.15, 0.2) is 0 Å². The van der Waals surface area contributed by atoms with Gasteiger partial charge in [0.05, 0.1) is 5.69 Å². The average Bonchev–Trinajstić information content (AvgIpc) is 2.40. The molecule has 0 aliphatic rings. The molecular weight excluding hydrogens is 210 g/mol. The first-order valence-electron chi connectivity index (χ1n) is 5.40. The smallest absolute Gasteiger partial charge is 0.0782 e. The first-order chi connectivity index (χ1) is 8.36. The van der Waals surface area contributed by atoms with E-state index < -0.39 is 0 Å². The van der Waals surface area contributed by atoms with Crippen LogP contribution in [0.2, 0.25) is 0 Å². The van der Waals surface area contributed by atoms with E-state index in [2.05, 4.69) is 9.97 Å². The van der Waals surface area contributed by atoms with Crippen LogP contribution in [0.4, 0.5) is 5.69 Å². The third-order valence-corrected chi connectivity index (χ3v) is 2.79. The minimum Gasteiger partial charge on any atom is -0.398 e. The van der Waals surface area contributed by atoms with E-state index in [0.717, 1.165) is 27.7 Å². The Bertz CT molecular complexity index is 663. The number of nitrogens with zero attached hydrogens (tertiary/aromatic N) is 2. The van der Waals surface area contributed by atoms with Crippen LogP contribution in [0.25, 0.3) is 22.0 Å². The molecule has 3 nitrogen and oxygen atoms in total. The summed E-state index contributed by atoms with van der Waals surface area (Å²) in [5.41, 5.74) is 8.73. The van der Waals surface area contributed by atoms with Crippen LogP contribution in [0, 0.1) is 0 Å². The fourth-order valence-electron chi connectivity index (χ4n) is 1.97. The maximum absolute atomic E-state index is 5.96. The molecule has 0 atom stereocenters. The summed E-state index contributed by atoms with van der Waals surface area (Å²) in [6, 6.07) is 11.7. The molecule has 0 fully saturated rings. The zero-order valence-corrected chi connectivity index (χ0v) is 9.17. The fraction of sp³-hybridized carbons (Fsp3) is 0. The summed E-state index contributed by atoms with van der Waals surface area (Å²) in [7, 11) is 0. The van der Waals surface area contributed by atoms with Crippen molar-refractivity contribution in [3.8, 4) is 11.3 Å². The number of benzene rings is 1. The molecule has 0 aliphatic heterocycles. The summed E-state index contributed by atoms with van der Waals surface area (Å²) in [4.78, 5) is 8.45. The van der Waals surface area contributed by atoms with Gasteiger partial charge >= 0.3 is 0 Å². The number of nitrogen functional groups attached to an aromatic ring is 1. The quantitative estimate of drug-likeness (QED) is 0.643. The number of rotatable bonds is 1. The number of pyridine rings is 2. The molecule has 82 valence electrons. The lowest BCUT2D eigenvalue weighted by Crippen LogP contribution is -1.90. The zero-order chi connectivity index (χ0) is 11.7. The number of hydrogen-bond donors (Lipinski definition) is 1. The lowest BCUT2D eigenvalue weighted by Gasteiger charge is -2.07. The van der Waals surface area contributed by atoms with E-state index in [4.69, 9.17) is 5.73 Å². The zero-order valence-electron chi connectivity index (χ0n) is 9.17. The van der Waals surface area contributed by atoms with E-state index in [-0.39, 0.29) is 0 Å². The van der Waals surface area contributed by atoms with Crippen LogP contribution in [0.3, 0.4) is 0 Å². The predicted molar refractivity (Wildman–Crippen MR) is 69.4 cm³/mol. The molecule has 0 unspecified atom stereocenters. The normalized spacial score (nSPS) is 10.6. The standard InChI is InChI=1S/C14H11N3/c15-13-3-1-2-12-11(13)6-9-17-14(12)10-4-7-16-8-5-10/h1-9H,15H2. The molecule has 0 radical (unpaired) electrons. The Morgan fingerprint density at radius 1 is 0.824 bits per heavy atom. The van der Waals surface area contributed by atoms with Crippen molar-refractivity contribution in [2.24, 2.45) is 0 Å². The Morgan fingerprint density at radius 3 is 2.47 bits per heavy atom. The maximum atomic E-state index is 5.96. The molecule has 2 heterocycles. The topological polar surface area (TPSA) is 51.8 Å². The summed E-state index contributed by atoms with van der Waals surface area (Å²) in [6.45, 7) is 0. The summed E-state index contributed by atoms with van der Waals surface area (Å²) in [5.74, 6) is 0. The maximum Gasteiger partial charge on any atom is 0.0782 e. The van der Waals surface area contributed by atoms with E-state index in [1.165, 1.54) is 0 Å². The Kier molecular flexibility index (Phi) is 2.22. The van der Waals surface area contributed by atoms with Gasteiger partial charge in [0.2, 0.25) is 0 Å². The van der Waals surface area contributed by atoms with E-state index in [0.29, 0.717) is 0 Å². The Balaban J connectivity index is 2.35. The van der Waals surface area contributed by atoms with Crippen LogP contribution < -0.4 is 5.73 Å². The highest BCUT2D eigenvalue weighted by Gasteiger charge is 2.05. The molecule has 3 rings (SSSR count). The molecule has 3 aromatic rings. The van der Waals surface area contributed by atoms with Gasteiger partial charge in [-0.2, -0.15) is 0 Å². The van der Waals surface area contributed by atoms with Gasteiger partial charge in [-0.1, -0.05) is 12.1 Å². The minimum absolute atomic E-state index is 0.778. The van der Waals surface area contributed by atoms with Crippen LogP contribution in [-0.4, -0.2) is 9.97 Å². The second kappa shape index (κ2) is 3.87. The second-order valence-corrected chi connectivity index (χ2v) is 3.84. The number of anilines is 1. The van der Waals surface area contributed by atoms with Crippen molar-refractivity contribution < 1.29 is 0 Å². The fourth-order valence-corrected chi connectivity index (χ4v) is 1.97. The SMILES string of the molecule is Nc1cccc2c(-c3ccncc3)nccc12. The summed E-state index contributed by atoms with van der Waals surface area (Å²) >= 11 is 0. The summed E-state index contributed by atoms with van der Waals surface area (Å²) < 4.78 is 0. The highest BCUT2D eigenvalue weighted by Crippen LogP contribution is 2.28. The highest BCUT2D eigenvalue weighted by molar-refractivity contribution is 6.00. The van der Waals surface area contributed by atoms with Crippen LogP contribution in [0.1, 0.15) is 0 Å². The van der Waals surface area contributed by atoms with Crippen LogP contribution >= 0.6 is 0 Å². The average molecular weight is 221 g/mol. The molecule has 2 N–H and O–H groups in total. The van der Waals surface area contributed by atoms with Gasteiger partial charge in [0.1, 0.15) is 0 Å². The number of hydrogen-bond acceptors (Lipinski definition) is 3. The predicted octanol–water partition coefficient (Wildman–Crippen LogP) is 2.88. The van der Waals surface area contributed by atoms with E-state index in [1.54, 1.807) is 18.6 Å². The van der Waals surface area contributed by atoms with Crippen molar-refractivity contribution in [3.63, 3.8) is 0 Å². The first kappa shape index (κ1) is 9.78. The molecular formula is C14H11N3. The van der Waals surface area contributed by atoms with Gasteiger partial charge < -0.3 is 5.73 Å². The minimum atomic E-state index is 0.778. The van der Waals surface area contributed by atoms with E-state index in [9.17, 15) is 0 Å². The third kappa shape index (κ3) is 1.61. The van der Waals surface area contributed by atoms with Crippen molar-refractivity contribution in [2.75, 3.05) is 5.73 Å². The molecule has 0 saturated carbocycles. The first-order valence-corrected chi connectivity index (χ1v) is 5.40. The largest absolute Gasteiger partial charge is 0.398 e. The lowest BCUT2D eigenvalue weighted by molar-refractivity contribution is 1.30. The number of fused-ring (bicyclic) bond motifs is 1. The van der Waals surface area contributed by atoms with Crippen LogP contribution in [0.5, 0.6) is 0 Å². The van der Waals surface area contributed by atoms with Gasteiger partial charge in [-0.25, -0.2) is 0 Å². The Labute approximate surface area is 98.9 Å². The molecule has 17 heavy (non-hydrogen) atoms. The molecule has 0 spiro atoms. The van der Waals surface area contributed by atoms with Crippen molar-refractivity contribution >= 4 is 16.5 Å². The van der Waals surface area contributed by atoms with Crippen molar-refractivity contribution in [1.29, 1.82) is 0 Å². The molecule has 0 aliphatic carbocycles. The number of aromatic nitrogens is 2. The molecule has 0 saturated heterocycles. The summed E-state index contributed by atoms with van der Waals surface area (Å²) in [6.07, 6.45) is 5.32. The molecule has 3 heteroatoms. The van der Waals surface area contributed by atoms with Crippen molar-refractivity contribution in [3.05, 3.63) is 55.0 Å². The van der Waals surface area contributed by atoms with Gasteiger partial charge in [0.25, 0.3) is 0 Å². The van der Waals surface area contributed by atoms with Crippen molar-refractivity contribution in [2.45, 2.75) is 0 Å². The molecule has 1 aromatic carbocycles. The molecule has 2 aromatic heterocycles. The van der Waals surface area contributed by atoms with Crippen LogP contribution in [0.15, 0.2) is 55.0 Å². The van der Waals surface area contributed by atoms with E-state index >= 15 is 0 Å². The van der Waals surface area contributed by atoms with Gasteiger partial charge in [-0.3, -0.25) is 9.97 Å². The molecule has 0 amide bonds. The van der Waals surface area contributed by atoms with Gasteiger partial charge in [0, 0.05) is 40.6 Å². The highest BCUT2D eigenvalue weighted by atomic mass is 14.7. The van der Waals surface area contributed by atoms with E-state index in [1.807, 2.05) is 36.4 Å². The number of nitrogens with two attached hydrogens (primary N) is 1. The van der Waals surface area contributed by atoms with Gasteiger partial charge in [-0.15, -0.1) is 0 Å². The van der Waals surface area contributed by atoms with Crippen molar-refractivity contribution in [1.82, 2.24) is 9.97 Å². The van der Waals surface area contributed by atoms with Gasteiger partial charge in [-0.05, 0) is 24.3 Å². The lowest BCUT2D eigenvalue weighted by atomic mass is 10.0.